The Labute approximate surface area is 163 Å². The number of hydrogen-bond acceptors (Lipinski definition) is 4. The Balaban J connectivity index is 1.97. The van der Waals surface area contributed by atoms with E-state index >= 15 is 0 Å². The topological polar surface area (TPSA) is 54.5 Å². The summed E-state index contributed by atoms with van der Waals surface area (Å²) in [7, 11) is 0. The number of benzene rings is 1. The number of carbonyl (C=O) groups is 1. The number of anilines is 2. The van der Waals surface area contributed by atoms with Crippen LogP contribution in [0, 0.1) is 0 Å². The number of hydrogen-bond donors (Lipinski definition) is 1. The van der Waals surface area contributed by atoms with Gasteiger partial charge in [0.15, 0.2) is 0 Å². The first-order valence-corrected chi connectivity index (χ1v) is 8.68. The second-order valence-electron chi connectivity index (χ2n) is 5.75. The summed E-state index contributed by atoms with van der Waals surface area (Å²) in [6.45, 7) is 1.86. The molecule has 1 N–H and O–H groups in total. The molecular formula is C17H14Cl2F3N3O2. The highest BCUT2D eigenvalue weighted by Crippen LogP contribution is 2.36. The molecule has 2 heterocycles. The molecule has 1 aromatic carbocycles. The van der Waals surface area contributed by atoms with E-state index in [9.17, 15) is 18.0 Å². The van der Waals surface area contributed by atoms with Crippen LogP contribution in [0.2, 0.25) is 10.2 Å². The van der Waals surface area contributed by atoms with Gasteiger partial charge in [-0.05, 0) is 30.3 Å². The molecular weight excluding hydrogens is 406 g/mol. The van der Waals surface area contributed by atoms with E-state index in [2.05, 4.69) is 10.3 Å². The Kier molecular flexibility index (Phi) is 5.78. The van der Waals surface area contributed by atoms with Crippen molar-refractivity contribution >= 4 is 40.5 Å². The standard InChI is InChI=1S/C17H14Cl2F3N3O2/c18-11-2-4-14(19)24-15(11)16(26)23-12-9-10(17(20,21)22)1-3-13(12)25-5-7-27-8-6-25/h1-4,9H,5-8H2,(H,23,26). The number of nitrogens with zero attached hydrogens (tertiary/aromatic N) is 2. The molecule has 27 heavy (non-hydrogen) atoms. The molecule has 0 radical (unpaired) electrons. The maximum absolute atomic E-state index is 13.1. The Bertz CT molecular complexity index is 856. The molecule has 2 aromatic rings. The Hall–Kier alpha value is -2.03. The molecule has 1 fully saturated rings. The van der Waals surface area contributed by atoms with Gasteiger partial charge < -0.3 is 15.0 Å². The number of rotatable bonds is 3. The van der Waals surface area contributed by atoms with Crippen LogP contribution < -0.4 is 10.2 Å². The minimum Gasteiger partial charge on any atom is -0.378 e. The van der Waals surface area contributed by atoms with Crippen molar-refractivity contribution in [1.29, 1.82) is 0 Å². The maximum atomic E-state index is 13.1. The molecule has 1 aliphatic rings. The third-order valence-electron chi connectivity index (χ3n) is 3.95. The number of morpholine rings is 1. The van der Waals surface area contributed by atoms with Crippen molar-refractivity contribution in [3.05, 3.63) is 51.8 Å². The molecule has 144 valence electrons. The van der Waals surface area contributed by atoms with E-state index < -0.39 is 17.6 Å². The highest BCUT2D eigenvalue weighted by atomic mass is 35.5. The number of halogens is 5. The lowest BCUT2D eigenvalue weighted by Crippen LogP contribution is -2.37. The van der Waals surface area contributed by atoms with Gasteiger partial charge in [0.05, 0.1) is 35.2 Å². The van der Waals surface area contributed by atoms with E-state index in [0.29, 0.717) is 32.0 Å². The van der Waals surface area contributed by atoms with Crippen LogP contribution in [0.1, 0.15) is 16.1 Å². The molecule has 0 bridgehead atoms. The Morgan fingerprint density at radius 1 is 1.15 bits per heavy atom. The van der Waals surface area contributed by atoms with Crippen LogP contribution in [0.15, 0.2) is 30.3 Å². The third-order valence-corrected chi connectivity index (χ3v) is 4.47. The number of nitrogens with one attached hydrogen (secondary N) is 1. The fraction of sp³-hybridized carbons (Fsp3) is 0.294. The zero-order valence-electron chi connectivity index (χ0n) is 13.8. The minimum absolute atomic E-state index is 0.00886. The lowest BCUT2D eigenvalue weighted by Gasteiger charge is -2.31. The first kappa shape index (κ1) is 19.7. The summed E-state index contributed by atoms with van der Waals surface area (Å²) in [5.41, 5.74) is -0.582. The Morgan fingerprint density at radius 2 is 1.85 bits per heavy atom. The summed E-state index contributed by atoms with van der Waals surface area (Å²) in [6, 6.07) is 5.99. The van der Waals surface area contributed by atoms with Crippen molar-refractivity contribution in [2.24, 2.45) is 0 Å². The molecule has 3 rings (SSSR count). The van der Waals surface area contributed by atoms with Gasteiger partial charge in [-0.25, -0.2) is 4.98 Å². The highest BCUT2D eigenvalue weighted by Gasteiger charge is 2.32. The normalized spacial score (nSPS) is 14.9. The molecule has 0 atom stereocenters. The van der Waals surface area contributed by atoms with Crippen LogP contribution in [-0.4, -0.2) is 37.2 Å². The summed E-state index contributed by atoms with van der Waals surface area (Å²) >= 11 is 11.7. The van der Waals surface area contributed by atoms with Gasteiger partial charge >= 0.3 is 6.18 Å². The van der Waals surface area contributed by atoms with Gasteiger partial charge in [-0.15, -0.1) is 0 Å². The summed E-state index contributed by atoms with van der Waals surface area (Å²) in [6.07, 6.45) is -4.55. The van der Waals surface area contributed by atoms with Crippen molar-refractivity contribution in [1.82, 2.24) is 4.98 Å². The predicted molar refractivity (Wildman–Crippen MR) is 96.7 cm³/mol. The summed E-state index contributed by atoms with van der Waals surface area (Å²) in [5.74, 6) is -0.753. The van der Waals surface area contributed by atoms with Gasteiger partial charge in [0.2, 0.25) is 0 Å². The summed E-state index contributed by atoms with van der Waals surface area (Å²) < 4.78 is 44.6. The predicted octanol–water partition coefficient (Wildman–Crippen LogP) is 4.50. The molecule has 0 saturated carbocycles. The second kappa shape index (κ2) is 7.92. The number of ether oxygens (including phenoxy) is 1. The van der Waals surface area contributed by atoms with E-state index in [1.54, 1.807) is 0 Å². The van der Waals surface area contributed by atoms with Gasteiger partial charge in [0.1, 0.15) is 10.8 Å². The molecule has 0 spiro atoms. The van der Waals surface area contributed by atoms with Crippen LogP contribution in [-0.2, 0) is 10.9 Å². The van der Waals surface area contributed by atoms with E-state index in [-0.39, 0.29) is 21.6 Å². The van der Waals surface area contributed by atoms with E-state index in [1.807, 2.05) is 4.90 Å². The van der Waals surface area contributed by atoms with E-state index in [0.717, 1.165) is 12.1 Å². The highest BCUT2D eigenvalue weighted by molar-refractivity contribution is 6.35. The van der Waals surface area contributed by atoms with Crippen LogP contribution in [0.25, 0.3) is 0 Å². The van der Waals surface area contributed by atoms with Gasteiger partial charge in [-0.2, -0.15) is 13.2 Å². The first-order valence-electron chi connectivity index (χ1n) is 7.93. The number of aromatic nitrogens is 1. The smallest absolute Gasteiger partial charge is 0.378 e. The van der Waals surface area contributed by atoms with Gasteiger partial charge in [0.25, 0.3) is 5.91 Å². The SMILES string of the molecule is O=C(Nc1cc(C(F)(F)F)ccc1N1CCOCC1)c1nc(Cl)ccc1Cl. The second-order valence-corrected chi connectivity index (χ2v) is 6.54. The minimum atomic E-state index is -4.55. The zero-order valence-corrected chi connectivity index (χ0v) is 15.3. The number of alkyl halides is 3. The van der Waals surface area contributed by atoms with Crippen molar-refractivity contribution in [3.63, 3.8) is 0 Å². The van der Waals surface area contributed by atoms with Gasteiger partial charge in [-0.1, -0.05) is 23.2 Å². The van der Waals surface area contributed by atoms with Crippen LogP contribution in [0.4, 0.5) is 24.5 Å². The molecule has 1 saturated heterocycles. The van der Waals surface area contributed by atoms with Crippen molar-refractivity contribution in [2.75, 3.05) is 36.5 Å². The van der Waals surface area contributed by atoms with Gasteiger partial charge in [0, 0.05) is 13.1 Å². The van der Waals surface area contributed by atoms with Crippen molar-refractivity contribution in [3.8, 4) is 0 Å². The number of amides is 1. The maximum Gasteiger partial charge on any atom is 0.416 e. The number of pyridine rings is 1. The molecule has 5 nitrogen and oxygen atoms in total. The molecule has 10 heteroatoms. The molecule has 1 aliphatic heterocycles. The fourth-order valence-electron chi connectivity index (χ4n) is 2.65. The van der Waals surface area contributed by atoms with Crippen molar-refractivity contribution < 1.29 is 22.7 Å². The average molecular weight is 420 g/mol. The third kappa shape index (κ3) is 4.63. The molecule has 0 aliphatic carbocycles. The van der Waals surface area contributed by atoms with Crippen LogP contribution in [0.3, 0.4) is 0 Å². The lowest BCUT2D eigenvalue weighted by atomic mass is 10.1. The van der Waals surface area contributed by atoms with Crippen LogP contribution in [0.5, 0.6) is 0 Å². The summed E-state index contributed by atoms with van der Waals surface area (Å²) in [5, 5.41) is 2.56. The average Bonchev–Trinajstić information content (AvgIpc) is 2.63. The van der Waals surface area contributed by atoms with E-state index in [4.69, 9.17) is 27.9 Å². The number of carbonyl (C=O) groups excluding carboxylic acids is 1. The lowest BCUT2D eigenvalue weighted by molar-refractivity contribution is -0.137. The molecule has 0 unspecified atom stereocenters. The molecule has 1 aromatic heterocycles. The molecule has 1 amide bonds. The monoisotopic (exact) mass is 419 g/mol. The fourth-order valence-corrected chi connectivity index (χ4v) is 2.99. The van der Waals surface area contributed by atoms with Gasteiger partial charge in [-0.3, -0.25) is 4.79 Å². The largest absolute Gasteiger partial charge is 0.416 e. The Morgan fingerprint density at radius 3 is 2.52 bits per heavy atom. The van der Waals surface area contributed by atoms with Crippen molar-refractivity contribution in [2.45, 2.75) is 6.18 Å². The zero-order chi connectivity index (χ0) is 19.6. The summed E-state index contributed by atoms with van der Waals surface area (Å²) in [4.78, 5) is 18.2. The van der Waals surface area contributed by atoms with E-state index in [1.165, 1.54) is 18.2 Å². The van der Waals surface area contributed by atoms with Crippen LogP contribution >= 0.6 is 23.2 Å². The quantitative estimate of drug-likeness (QED) is 0.744. The first-order chi connectivity index (χ1) is 12.8.